The Morgan fingerprint density at radius 1 is 1.24 bits per heavy atom. The minimum Gasteiger partial charge on any atom is -0.497 e. The van der Waals surface area contributed by atoms with Crippen molar-refractivity contribution >= 4 is 21.6 Å². The molecule has 2 heterocycles. The van der Waals surface area contributed by atoms with Gasteiger partial charge in [0.2, 0.25) is 0 Å². The number of aromatic nitrogens is 2. The molecule has 3 aromatic rings. The molecular weight excluding hydrogens is 382 g/mol. The van der Waals surface area contributed by atoms with Crippen molar-refractivity contribution in [1.82, 2.24) is 14.5 Å². The van der Waals surface area contributed by atoms with E-state index in [1.807, 2.05) is 28.8 Å². The summed E-state index contributed by atoms with van der Waals surface area (Å²) in [6.45, 7) is 14.0. The van der Waals surface area contributed by atoms with Gasteiger partial charge in [-0.25, -0.2) is 4.98 Å². The number of nitrogens with zero attached hydrogens (tertiary/aromatic N) is 3. The van der Waals surface area contributed by atoms with Gasteiger partial charge in [0.25, 0.3) is 5.56 Å². The number of hydrogen-bond acceptors (Lipinski definition) is 5. The van der Waals surface area contributed by atoms with E-state index >= 15 is 0 Å². The molecule has 0 saturated heterocycles. The first-order valence-corrected chi connectivity index (χ1v) is 11.1. The van der Waals surface area contributed by atoms with Gasteiger partial charge in [-0.15, -0.1) is 11.3 Å². The number of aryl methyl sites for hydroxylation is 1. The lowest BCUT2D eigenvalue weighted by molar-refractivity contribution is 0.286. The van der Waals surface area contributed by atoms with E-state index in [-0.39, 0.29) is 11.5 Å². The molecule has 0 aliphatic heterocycles. The molecule has 29 heavy (non-hydrogen) atoms. The van der Waals surface area contributed by atoms with E-state index in [2.05, 4.69) is 39.5 Å². The lowest BCUT2D eigenvalue weighted by atomic mass is 10.0. The van der Waals surface area contributed by atoms with Crippen molar-refractivity contribution in [1.29, 1.82) is 0 Å². The van der Waals surface area contributed by atoms with E-state index in [9.17, 15) is 4.79 Å². The molecule has 3 rings (SSSR count). The highest BCUT2D eigenvalue weighted by molar-refractivity contribution is 7.19. The van der Waals surface area contributed by atoms with Crippen molar-refractivity contribution < 1.29 is 4.74 Å². The van der Waals surface area contributed by atoms with E-state index in [0.717, 1.165) is 57.4 Å². The zero-order valence-corrected chi connectivity index (χ0v) is 19.1. The number of rotatable bonds is 8. The fourth-order valence-corrected chi connectivity index (χ4v) is 4.82. The number of benzene rings is 1. The first-order valence-electron chi connectivity index (χ1n) is 10.3. The lowest BCUT2D eigenvalue weighted by Gasteiger charge is -2.21. The molecule has 156 valence electrons. The second-order valence-electron chi connectivity index (χ2n) is 7.55. The Hall–Kier alpha value is -2.18. The summed E-state index contributed by atoms with van der Waals surface area (Å²) >= 11 is 1.60. The van der Waals surface area contributed by atoms with Gasteiger partial charge in [0.05, 0.1) is 12.5 Å². The van der Waals surface area contributed by atoms with Crippen LogP contribution in [0.5, 0.6) is 5.75 Å². The van der Waals surface area contributed by atoms with Gasteiger partial charge in [-0.2, -0.15) is 0 Å². The Balaban J connectivity index is 2.21. The second-order valence-corrected chi connectivity index (χ2v) is 8.76. The first kappa shape index (κ1) is 21.5. The molecular formula is C23H31N3O2S. The van der Waals surface area contributed by atoms with Crippen molar-refractivity contribution in [3.05, 3.63) is 45.3 Å². The number of ether oxygens (including phenoxy) is 1. The molecule has 0 aliphatic rings. The van der Waals surface area contributed by atoms with Crippen molar-refractivity contribution in [3.8, 4) is 16.9 Å². The van der Waals surface area contributed by atoms with Gasteiger partial charge in [-0.05, 0) is 37.7 Å². The standard InChI is InChI=1S/C23H31N3O2S/c1-7-25(8-2)12-13-26-21(15(3)4)24-22-20(23(26)27)19(16(5)29-22)17-10-9-11-18(14-17)28-6/h9-11,14-15H,7-8,12-13H2,1-6H3. The zero-order valence-electron chi connectivity index (χ0n) is 18.3. The maximum Gasteiger partial charge on any atom is 0.262 e. The fourth-order valence-electron chi connectivity index (χ4n) is 3.77. The number of methoxy groups -OCH3 is 1. The van der Waals surface area contributed by atoms with Gasteiger partial charge in [0, 0.05) is 29.4 Å². The summed E-state index contributed by atoms with van der Waals surface area (Å²) in [5.41, 5.74) is 2.04. The summed E-state index contributed by atoms with van der Waals surface area (Å²) in [4.78, 5) is 22.9. The molecule has 1 aromatic carbocycles. The molecule has 0 unspecified atom stereocenters. The Morgan fingerprint density at radius 2 is 1.97 bits per heavy atom. The quantitative estimate of drug-likeness (QED) is 0.527. The summed E-state index contributed by atoms with van der Waals surface area (Å²) in [5, 5.41) is 0.727. The van der Waals surface area contributed by atoms with Crippen molar-refractivity contribution in [3.63, 3.8) is 0 Å². The van der Waals surface area contributed by atoms with Crippen LogP contribution in [0.15, 0.2) is 29.1 Å². The van der Waals surface area contributed by atoms with Crippen LogP contribution in [0.1, 0.15) is 44.3 Å². The Bertz CT molecular complexity index is 1050. The number of fused-ring (bicyclic) bond motifs is 1. The highest BCUT2D eigenvalue weighted by Gasteiger charge is 2.21. The van der Waals surface area contributed by atoms with Crippen LogP contribution in [-0.2, 0) is 6.54 Å². The normalized spacial score (nSPS) is 11.7. The van der Waals surface area contributed by atoms with Crippen LogP contribution >= 0.6 is 11.3 Å². The van der Waals surface area contributed by atoms with Crippen LogP contribution in [0.4, 0.5) is 0 Å². The molecule has 0 saturated carbocycles. The van der Waals surface area contributed by atoms with Gasteiger partial charge in [-0.3, -0.25) is 9.36 Å². The molecule has 0 N–H and O–H groups in total. The molecule has 0 radical (unpaired) electrons. The van der Waals surface area contributed by atoms with Crippen LogP contribution in [0.2, 0.25) is 0 Å². The largest absolute Gasteiger partial charge is 0.497 e. The smallest absolute Gasteiger partial charge is 0.262 e. The van der Waals surface area contributed by atoms with Crippen LogP contribution in [0, 0.1) is 6.92 Å². The van der Waals surface area contributed by atoms with Gasteiger partial charge in [-0.1, -0.05) is 39.8 Å². The molecule has 0 bridgehead atoms. The third-order valence-electron chi connectivity index (χ3n) is 5.43. The number of hydrogen-bond donors (Lipinski definition) is 0. The lowest BCUT2D eigenvalue weighted by Crippen LogP contribution is -2.33. The predicted molar refractivity (Wildman–Crippen MR) is 122 cm³/mol. The predicted octanol–water partition coefficient (Wildman–Crippen LogP) is 4.91. The third kappa shape index (κ3) is 4.23. The van der Waals surface area contributed by atoms with Gasteiger partial charge in [0.15, 0.2) is 0 Å². The van der Waals surface area contributed by atoms with Crippen LogP contribution in [-0.4, -0.2) is 41.2 Å². The number of thiophene rings is 1. The summed E-state index contributed by atoms with van der Waals surface area (Å²) in [6.07, 6.45) is 0. The molecule has 5 nitrogen and oxygen atoms in total. The molecule has 6 heteroatoms. The van der Waals surface area contributed by atoms with Crippen molar-refractivity contribution in [2.24, 2.45) is 0 Å². The zero-order chi connectivity index (χ0) is 21.1. The molecule has 0 spiro atoms. The molecule has 0 aliphatic carbocycles. The SMILES string of the molecule is CCN(CC)CCn1c(C(C)C)nc2sc(C)c(-c3cccc(OC)c3)c2c1=O. The monoisotopic (exact) mass is 413 g/mol. The van der Waals surface area contributed by atoms with Crippen LogP contribution in [0.3, 0.4) is 0 Å². The molecule has 0 amide bonds. The summed E-state index contributed by atoms with van der Waals surface area (Å²) in [7, 11) is 1.66. The highest BCUT2D eigenvalue weighted by atomic mass is 32.1. The molecule has 2 aromatic heterocycles. The van der Waals surface area contributed by atoms with Crippen LogP contribution in [0.25, 0.3) is 21.3 Å². The Labute approximate surface area is 177 Å². The topological polar surface area (TPSA) is 47.4 Å². The fraction of sp³-hybridized carbons (Fsp3) is 0.478. The van der Waals surface area contributed by atoms with Gasteiger partial charge in [0.1, 0.15) is 16.4 Å². The van der Waals surface area contributed by atoms with E-state index in [1.54, 1.807) is 18.4 Å². The van der Waals surface area contributed by atoms with Gasteiger partial charge < -0.3 is 9.64 Å². The summed E-state index contributed by atoms with van der Waals surface area (Å²) in [6, 6.07) is 7.91. The van der Waals surface area contributed by atoms with E-state index in [0.29, 0.717) is 6.54 Å². The Kier molecular flexibility index (Phi) is 6.75. The Morgan fingerprint density at radius 3 is 2.59 bits per heavy atom. The minimum atomic E-state index is 0.0630. The maximum absolute atomic E-state index is 13.7. The summed E-state index contributed by atoms with van der Waals surface area (Å²) in [5.74, 6) is 1.84. The average Bonchev–Trinajstić information content (AvgIpc) is 3.06. The summed E-state index contributed by atoms with van der Waals surface area (Å²) < 4.78 is 7.29. The first-order chi connectivity index (χ1) is 13.9. The van der Waals surface area contributed by atoms with Crippen molar-refractivity contribution in [2.45, 2.75) is 47.1 Å². The van der Waals surface area contributed by atoms with Crippen molar-refractivity contribution in [2.75, 3.05) is 26.7 Å². The third-order valence-corrected chi connectivity index (χ3v) is 6.43. The van der Waals surface area contributed by atoms with Gasteiger partial charge >= 0.3 is 0 Å². The number of likely N-dealkylation sites (N-methyl/N-ethyl adjacent to an activating group) is 1. The average molecular weight is 414 g/mol. The maximum atomic E-state index is 13.7. The second kappa shape index (κ2) is 9.09. The molecule has 0 fully saturated rings. The van der Waals surface area contributed by atoms with E-state index < -0.39 is 0 Å². The minimum absolute atomic E-state index is 0.0630. The van der Waals surface area contributed by atoms with E-state index in [1.165, 1.54) is 0 Å². The highest BCUT2D eigenvalue weighted by Crippen LogP contribution is 2.37. The van der Waals surface area contributed by atoms with Crippen LogP contribution < -0.4 is 10.3 Å². The van der Waals surface area contributed by atoms with E-state index in [4.69, 9.17) is 9.72 Å². The molecule has 0 atom stereocenters.